The number of ether oxygens (including phenoxy) is 1. The second-order valence-corrected chi connectivity index (χ2v) is 5.56. The number of benzene rings is 1. The van der Waals surface area contributed by atoms with Crippen LogP contribution in [-0.4, -0.2) is 48.4 Å². The van der Waals surface area contributed by atoms with Crippen molar-refractivity contribution in [3.63, 3.8) is 0 Å². The second kappa shape index (κ2) is 5.96. The third-order valence-electron chi connectivity index (χ3n) is 4.09. The fourth-order valence-electron chi connectivity index (χ4n) is 2.96. The summed E-state index contributed by atoms with van der Waals surface area (Å²) in [6, 6.07) is 3.04. The van der Waals surface area contributed by atoms with E-state index < -0.39 is 23.7 Å². The van der Waals surface area contributed by atoms with Gasteiger partial charge in [-0.05, 0) is 17.7 Å². The number of carbonyl (C=O) groups is 3. The number of hydrogen-bond donors (Lipinski definition) is 2. The number of morpholine rings is 1. The average Bonchev–Trinajstić information content (AvgIpc) is 2.52. The number of hydrogen-bond acceptors (Lipinski definition) is 4. The van der Waals surface area contributed by atoms with Crippen LogP contribution in [0.4, 0.5) is 10.1 Å². The van der Waals surface area contributed by atoms with Gasteiger partial charge in [0.05, 0.1) is 19.1 Å². The van der Waals surface area contributed by atoms with Gasteiger partial charge in [-0.1, -0.05) is 6.07 Å². The van der Waals surface area contributed by atoms with E-state index in [1.807, 2.05) is 0 Å². The number of anilines is 1. The fourth-order valence-corrected chi connectivity index (χ4v) is 2.96. The van der Waals surface area contributed by atoms with E-state index in [1.54, 1.807) is 0 Å². The fraction of sp³-hybridized carbons (Fsp3) is 0.400. The highest BCUT2D eigenvalue weighted by atomic mass is 19.1. The number of amides is 3. The van der Waals surface area contributed by atoms with Crippen molar-refractivity contribution in [3.05, 3.63) is 29.6 Å². The van der Waals surface area contributed by atoms with Crippen LogP contribution in [0.1, 0.15) is 17.9 Å². The van der Waals surface area contributed by atoms with E-state index in [0.717, 1.165) is 0 Å². The average molecular weight is 321 g/mol. The summed E-state index contributed by atoms with van der Waals surface area (Å²) in [5, 5.41) is 2.56. The lowest BCUT2D eigenvalue weighted by Gasteiger charge is -2.37. The Morgan fingerprint density at radius 2 is 2.17 bits per heavy atom. The Kier molecular flexibility index (Phi) is 3.99. The van der Waals surface area contributed by atoms with Gasteiger partial charge >= 0.3 is 0 Å². The van der Waals surface area contributed by atoms with Crippen LogP contribution in [0, 0.1) is 5.82 Å². The largest absolute Gasteiger partial charge is 0.377 e. The maximum Gasteiger partial charge on any atom is 0.242 e. The molecule has 2 aliphatic rings. The molecule has 0 aromatic heterocycles. The summed E-state index contributed by atoms with van der Waals surface area (Å²) >= 11 is 0. The molecule has 0 bridgehead atoms. The van der Waals surface area contributed by atoms with Crippen LogP contribution in [0.25, 0.3) is 0 Å². The van der Waals surface area contributed by atoms with Gasteiger partial charge in [-0.2, -0.15) is 0 Å². The van der Waals surface area contributed by atoms with Crippen molar-refractivity contribution in [2.45, 2.75) is 18.4 Å². The van der Waals surface area contributed by atoms with Crippen molar-refractivity contribution in [3.8, 4) is 0 Å². The number of nitrogens with two attached hydrogens (primary N) is 1. The molecule has 2 heterocycles. The van der Waals surface area contributed by atoms with Crippen molar-refractivity contribution in [2.75, 3.05) is 25.1 Å². The highest BCUT2D eigenvalue weighted by Crippen LogP contribution is 2.34. The summed E-state index contributed by atoms with van der Waals surface area (Å²) in [5.74, 6) is -2.67. The summed E-state index contributed by atoms with van der Waals surface area (Å²) in [4.78, 5) is 37.6. The van der Waals surface area contributed by atoms with Gasteiger partial charge in [0.25, 0.3) is 0 Å². The van der Waals surface area contributed by atoms with E-state index in [-0.39, 0.29) is 37.1 Å². The monoisotopic (exact) mass is 321 g/mol. The molecule has 3 N–H and O–H groups in total. The third-order valence-corrected chi connectivity index (χ3v) is 4.09. The topological polar surface area (TPSA) is 102 Å². The van der Waals surface area contributed by atoms with E-state index in [2.05, 4.69) is 5.32 Å². The Morgan fingerprint density at radius 3 is 2.91 bits per heavy atom. The number of halogens is 1. The molecule has 8 heteroatoms. The van der Waals surface area contributed by atoms with Crippen molar-refractivity contribution in [2.24, 2.45) is 5.73 Å². The van der Waals surface area contributed by atoms with E-state index in [9.17, 15) is 18.8 Å². The van der Waals surface area contributed by atoms with Gasteiger partial charge in [-0.25, -0.2) is 4.39 Å². The molecule has 1 saturated heterocycles. The summed E-state index contributed by atoms with van der Waals surface area (Å²) < 4.78 is 18.5. The molecule has 0 aliphatic carbocycles. The van der Waals surface area contributed by atoms with Crippen molar-refractivity contribution < 1.29 is 23.5 Å². The van der Waals surface area contributed by atoms with Crippen LogP contribution in [0.3, 0.4) is 0 Å². The zero-order valence-corrected chi connectivity index (χ0v) is 12.3. The van der Waals surface area contributed by atoms with E-state index in [0.29, 0.717) is 12.2 Å². The first-order chi connectivity index (χ1) is 11.0. The Morgan fingerprint density at radius 1 is 1.39 bits per heavy atom. The van der Waals surface area contributed by atoms with Crippen LogP contribution in [-0.2, 0) is 19.1 Å². The quantitative estimate of drug-likeness (QED) is 0.798. The van der Waals surface area contributed by atoms with Crippen LogP contribution in [0.2, 0.25) is 0 Å². The molecule has 3 amide bonds. The van der Waals surface area contributed by atoms with Crippen LogP contribution < -0.4 is 11.1 Å². The lowest BCUT2D eigenvalue weighted by Crippen LogP contribution is -2.56. The summed E-state index contributed by atoms with van der Waals surface area (Å²) in [5.41, 5.74) is 6.14. The Hall–Kier alpha value is -2.48. The molecule has 2 aliphatic heterocycles. The van der Waals surface area contributed by atoms with E-state index in [4.69, 9.17) is 10.5 Å². The third kappa shape index (κ3) is 2.89. The minimum absolute atomic E-state index is 0.0380. The molecule has 122 valence electrons. The second-order valence-electron chi connectivity index (χ2n) is 5.56. The zero-order valence-electron chi connectivity index (χ0n) is 12.3. The molecular formula is C15H16FN3O4. The number of fused-ring (bicyclic) bond motifs is 1. The molecular weight excluding hydrogens is 305 g/mol. The van der Waals surface area contributed by atoms with Gasteiger partial charge in [-0.15, -0.1) is 0 Å². The normalized spacial score (nSPS) is 23.9. The van der Waals surface area contributed by atoms with Crippen LogP contribution >= 0.6 is 0 Å². The van der Waals surface area contributed by atoms with Gasteiger partial charge in [0.1, 0.15) is 11.9 Å². The first-order valence-corrected chi connectivity index (χ1v) is 7.24. The molecule has 0 spiro atoms. The van der Waals surface area contributed by atoms with Gasteiger partial charge in [0.15, 0.2) is 0 Å². The van der Waals surface area contributed by atoms with E-state index >= 15 is 0 Å². The highest BCUT2D eigenvalue weighted by Gasteiger charge is 2.39. The minimum Gasteiger partial charge on any atom is -0.377 e. The number of nitrogens with zero attached hydrogens (tertiary/aromatic N) is 1. The Bertz CT molecular complexity index is 679. The molecule has 0 radical (unpaired) electrons. The number of nitrogens with one attached hydrogen (secondary N) is 1. The standard InChI is InChI=1S/C15H16FN3O4/c16-8-1-2-9-10(6-13(20)18-11(9)5-8)15(22)19-3-4-23-7-12(19)14(17)21/h1-2,5,10,12H,3-4,6-7H2,(H2,17,21)(H,18,20). The maximum atomic E-state index is 13.3. The summed E-state index contributed by atoms with van der Waals surface area (Å²) in [7, 11) is 0. The Labute approximate surface area is 131 Å². The molecule has 1 aromatic carbocycles. The predicted molar refractivity (Wildman–Crippen MR) is 77.9 cm³/mol. The van der Waals surface area contributed by atoms with E-state index in [1.165, 1.54) is 23.1 Å². The molecule has 2 unspecified atom stereocenters. The molecule has 2 atom stereocenters. The maximum absolute atomic E-state index is 13.3. The molecule has 3 rings (SSSR count). The van der Waals surface area contributed by atoms with Crippen LogP contribution in [0.15, 0.2) is 18.2 Å². The van der Waals surface area contributed by atoms with Crippen molar-refractivity contribution in [1.29, 1.82) is 0 Å². The van der Waals surface area contributed by atoms with Gasteiger partial charge in [-0.3, -0.25) is 14.4 Å². The summed E-state index contributed by atoms with van der Waals surface area (Å²) in [6.07, 6.45) is -0.0553. The first-order valence-electron chi connectivity index (χ1n) is 7.24. The molecule has 1 aromatic rings. The predicted octanol–water partition coefficient (Wildman–Crippen LogP) is -0.0358. The molecule has 0 saturated carbocycles. The number of carbonyl (C=O) groups excluding carboxylic acids is 3. The van der Waals surface area contributed by atoms with Crippen LogP contribution in [0.5, 0.6) is 0 Å². The number of primary amides is 1. The lowest BCUT2D eigenvalue weighted by atomic mass is 9.88. The smallest absolute Gasteiger partial charge is 0.242 e. The molecule has 7 nitrogen and oxygen atoms in total. The highest BCUT2D eigenvalue weighted by molar-refractivity contribution is 6.02. The van der Waals surface area contributed by atoms with Gasteiger partial charge in [0, 0.05) is 18.7 Å². The molecule has 23 heavy (non-hydrogen) atoms. The lowest BCUT2D eigenvalue weighted by molar-refractivity contribution is -0.149. The number of rotatable bonds is 2. The van der Waals surface area contributed by atoms with Gasteiger partial charge < -0.3 is 20.7 Å². The first kappa shape index (κ1) is 15.4. The van der Waals surface area contributed by atoms with Gasteiger partial charge in [0.2, 0.25) is 17.7 Å². The SMILES string of the molecule is NC(=O)C1COCCN1C(=O)C1CC(=O)Nc2cc(F)ccc21. The van der Waals surface area contributed by atoms with Crippen molar-refractivity contribution in [1.82, 2.24) is 4.90 Å². The zero-order chi connectivity index (χ0) is 16.6. The molecule has 1 fully saturated rings. The summed E-state index contributed by atoms with van der Waals surface area (Å²) in [6.45, 7) is 0.558. The van der Waals surface area contributed by atoms with Crippen molar-refractivity contribution >= 4 is 23.4 Å². The minimum atomic E-state index is -0.856. The Balaban J connectivity index is 1.93.